The van der Waals surface area contributed by atoms with Crippen LogP contribution in [0.15, 0.2) is 34.5 Å². The highest BCUT2D eigenvalue weighted by Gasteiger charge is 2.29. The van der Waals surface area contributed by atoms with Crippen molar-refractivity contribution >= 4 is 51.7 Å². The number of anilines is 2. The molecule has 0 atom stereocenters. The van der Waals surface area contributed by atoms with E-state index < -0.39 is 0 Å². The molecular formula is C19H21N3O4S2. The van der Waals surface area contributed by atoms with E-state index in [1.807, 2.05) is 24.3 Å². The molecule has 148 valence electrons. The second-order valence-electron chi connectivity index (χ2n) is 6.25. The van der Waals surface area contributed by atoms with E-state index in [2.05, 4.69) is 15.6 Å². The predicted octanol–water partition coefficient (Wildman–Crippen LogP) is 3.33. The molecule has 2 amide bonds. The Kier molecular flexibility index (Phi) is 7.05. The fraction of sp³-hybridized carbons (Fsp3) is 0.368. The van der Waals surface area contributed by atoms with Crippen molar-refractivity contribution in [2.24, 2.45) is 5.92 Å². The number of benzene rings is 1. The minimum Gasteiger partial charge on any atom is -0.466 e. The van der Waals surface area contributed by atoms with Crippen LogP contribution in [0.2, 0.25) is 0 Å². The zero-order chi connectivity index (χ0) is 19.9. The number of carbonyl (C=O) groups excluding carboxylic acids is 3. The molecule has 1 fully saturated rings. The van der Waals surface area contributed by atoms with Crippen molar-refractivity contribution in [2.45, 2.75) is 31.1 Å². The maximum absolute atomic E-state index is 12.1. The minimum atomic E-state index is -0.335. The normalized spacial score (nSPS) is 13.0. The van der Waals surface area contributed by atoms with Crippen LogP contribution in [0.1, 0.15) is 25.5 Å². The van der Waals surface area contributed by atoms with Gasteiger partial charge >= 0.3 is 5.97 Å². The van der Waals surface area contributed by atoms with Gasteiger partial charge in [0.05, 0.1) is 24.5 Å². The molecule has 0 radical (unpaired) electrons. The number of carbonyl (C=O) groups is 3. The lowest BCUT2D eigenvalue weighted by Crippen LogP contribution is -2.14. The number of amides is 2. The summed E-state index contributed by atoms with van der Waals surface area (Å²) >= 11 is 2.67. The van der Waals surface area contributed by atoms with Crippen LogP contribution in [0.4, 0.5) is 10.8 Å². The monoisotopic (exact) mass is 419 g/mol. The van der Waals surface area contributed by atoms with E-state index in [0.717, 1.165) is 23.4 Å². The first-order valence-corrected chi connectivity index (χ1v) is 10.8. The number of esters is 1. The first kappa shape index (κ1) is 20.3. The number of hydrogen-bond acceptors (Lipinski definition) is 7. The lowest BCUT2D eigenvalue weighted by Gasteiger charge is -2.06. The maximum Gasteiger partial charge on any atom is 0.311 e. The molecule has 3 rings (SSSR count). The lowest BCUT2D eigenvalue weighted by molar-refractivity contribution is -0.142. The van der Waals surface area contributed by atoms with Gasteiger partial charge in [-0.25, -0.2) is 4.98 Å². The van der Waals surface area contributed by atoms with Crippen molar-refractivity contribution in [2.75, 3.05) is 23.0 Å². The SMILES string of the molecule is CCOC(=O)Cc1csc(NC(=O)CSc2ccc(NC(=O)C3CC3)cc2)n1. The molecule has 0 spiro atoms. The first-order valence-electron chi connectivity index (χ1n) is 8.97. The van der Waals surface area contributed by atoms with Crippen molar-refractivity contribution in [1.82, 2.24) is 4.98 Å². The van der Waals surface area contributed by atoms with Gasteiger partial charge in [-0.05, 0) is 44.0 Å². The lowest BCUT2D eigenvalue weighted by atomic mass is 10.3. The molecule has 28 heavy (non-hydrogen) atoms. The molecule has 1 aliphatic carbocycles. The molecule has 1 aromatic heterocycles. The number of nitrogens with zero attached hydrogens (tertiary/aromatic N) is 1. The molecule has 7 nitrogen and oxygen atoms in total. The van der Waals surface area contributed by atoms with Gasteiger partial charge in [-0.2, -0.15) is 0 Å². The van der Waals surface area contributed by atoms with Crippen LogP contribution >= 0.6 is 23.1 Å². The summed E-state index contributed by atoms with van der Waals surface area (Å²) in [4.78, 5) is 40.4. The van der Waals surface area contributed by atoms with Crippen molar-refractivity contribution < 1.29 is 19.1 Å². The van der Waals surface area contributed by atoms with Gasteiger partial charge in [-0.3, -0.25) is 14.4 Å². The Morgan fingerprint density at radius 1 is 1.21 bits per heavy atom. The van der Waals surface area contributed by atoms with Gasteiger partial charge in [0, 0.05) is 21.9 Å². The molecular weight excluding hydrogens is 398 g/mol. The maximum atomic E-state index is 12.1. The highest BCUT2D eigenvalue weighted by molar-refractivity contribution is 8.00. The number of rotatable bonds is 9. The third-order valence-corrected chi connectivity index (χ3v) is 5.69. The highest BCUT2D eigenvalue weighted by Crippen LogP contribution is 2.30. The van der Waals surface area contributed by atoms with Crippen molar-refractivity contribution in [3.8, 4) is 0 Å². The summed E-state index contributed by atoms with van der Waals surface area (Å²) in [5, 5.41) is 7.81. The van der Waals surface area contributed by atoms with E-state index in [-0.39, 0.29) is 35.9 Å². The minimum absolute atomic E-state index is 0.0746. The molecule has 0 aliphatic heterocycles. The van der Waals surface area contributed by atoms with Crippen LogP contribution in [0, 0.1) is 5.92 Å². The van der Waals surface area contributed by atoms with E-state index in [1.54, 1.807) is 12.3 Å². The number of aromatic nitrogens is 1. The van der Waals surface area contributed by atoms with Gasteiger partial charge in [-0.15, -0.1) is 23.1 Å². The molecule has 1 saturated carbocycles. The molecule has 1 heterocycles. The van der Waals surface area contributed by atoms with E-state index in [1.165, 1.54) is 23.1 Å². The smallest absolute Gasteiger partial charge is 0.311 e. The average molecular weight is 420 g/mol. The van der Waals surface area contributed by atoms with Gasteiger partial charge < -0.3 is 15.4 Å². The number of thioether (sulfide) groups is 1. The summed E-state index contributed by atoms with van der Waals surface area (Å²) in [6, 6.07) is 7.43. The summed E-state index contributed by atoms with van der Waals surface area (Å²) in [7, 11) is 0. The van der Waals surface area contributed by atoms with Gasteiger partial charge in [0.15, 0.2) is 5.13 Å². The van der Waals surface area contributed by atoms with E-state index in [9.17, 15) is 14.4 Å². The number of hydrogen-bond donors (Lipinski definition) is 2. The topological polar surface area (TPSA) is 97.4 Å². The zero-order valence-corrected chi connectivity index (χ0v) is 17.0. The van der Waals surface area contributed by atoms with Crippen LogP contribution in [0.3, 0.4) is 0 Å². The fourth-order valence-electron chi connectivity index (χ4n) is 2.33. The summed E-state index contributed by atoms with van der Waals surface area (Å²) in [5.41, 5.74) is 1.35. The Morgan fingerprint density at radius 2 is 1.96 bits per heavy atom. The van der Waals surface area contributed by atoms with Crippen molar-refractivity contribution in [3.05, 3.63) is 35.3 Å². The fourth-order valence-corrected chi connectivity index (χ4v) is 3.76. The Labute approximate surface area is 171 Å². The third kappa shape index (κ3) is 6.35. The quantitative estimate of drug-likeness (QED) is 0.478. The molecule has 1 aromatic carbocycles. The predicted molar refractivity (Wildman–Crippen MR) is 110 cm³/mol. The average Bonchev–Trinajstić information content (AvgIpc) is 3.43. The Balaban J connectivity index is 1.42. The van der Waals surface area contributed by atoms with E-state index in [4.69, 9.17) is 4.74 Å². The number of ether oxygens (including phenoxy) is 1. The number of nitrogens with one attached hydrogen (secondary N) is 2. The van der Waals surface area contributed by atoms with Crippen molar-refractivity contribution in [3.63, 3.8) is 0 Å². The van der Waals surface area contributed by atoms with Crippen LogP contribution in [0.5, 0.6) is 0 Å². The van der Waals surface area contributed by atoms with Crippen molar-refractivity contribution in [1.29, 1.82) is 0 Å². The molecule has 0 bridgehead atoms. The molecule has 9 heteroatoms. The number of thiazole rings is 1. The van der Waals surface area contributed by atoms with Gasteiger partial charge in [0.2, 0.25) is 11.8 Å². The summed E-state index contributed by atoms with van der Waals surface area (Å²) in [6.45, 7) is 2.08. The molecule has 1 aliphatic rings. The molecule has 2 N–H and O–H groups in total. The first-order chi connectivity index (χ1) is 13.5. The largest absolute Gasteiger partial charge is 0.466 e. The summed E-state index contributed by atoms with van der Waals surface area (Å²) in [5.74, 6) is -0.0290. The van der Waals surface area contributed by atoms with E-state index >= 15 is 0 Å². The third-order valence-electron chi connectivity index (χ3n) is 3.87. The molecule has 2 aromatic rings. The van der Waals surface area contributed by atoms with Crippen LogP contribution in [-0.2, 0) is 25.5 Å². The van der Waals surface area contributed by atoms with Gasteiger partial charge in [0.1, 0.15) is 0 Å². The van der Waals surface area contributed by atoms with Crippen LogP contribution in [0.25, 0.3) is 0 Å². The second-order valence-corrected chi connectivity index (χ2v) is 8.16. The molecule has 0 saturated heterocycles. The zero-order valence-electron chi connectivity index (χ0n) is 15.4. The summed E-state index contributed by atoms with van der Waals surface area (Å²) < 4.78 is 4.88. The Morgan fingerprint density at radius 3 is 2.64 bits per heavy atom. The van der Waals surface area contributed by atoms with Crippen LogP contribution in [-0.4, -0.2) is 35.1 Å². The van der Waals surface area contributed by atoms with Gasteiger partial charge in [0.25, 0.3) is 0 Å². The Bertz CT molecular complexity index is 847. The van der Waals surface area contributed by atoms with Crippen LogP contribution < -0.4 is 10.6 Å². The van der Waals surface area contributed by atoms with E-state index in [0.29, 0.717) is 17.4 Å². The molecule has 0 unspecified atom stereocenters. The second kappa shape index (κ2) is 9.70. The van der Waals surface area contributed by atoms with Gasteiger partial charge in [-0.1, -0.05) is 0 Å². The standard InChI is InChI=1S/C19H21N3O4S2/c1-2-26-17(24)9-14-10-28-19(21-14)22-16(23)11-27-15-7-5-13(6-8-15)20-18(25)12-3-4-12/h5-8,10,12H,2-4,9,11H2,1H3,(H,20,25)(H,21,22,23). The Hall–Kier alpha value is -2.39. The highest BCUT2D eigenvalue weighted by atomic mass is 32.2. The summed E-state index contributed by atoms with van der Waals surface area (Å²) in [6.07, 6.45) is 2.04.